The summed E-state index contributed by atoms with van der Waals surface area (Å²) in [6, 6.07) is 4.11. The van der Waals surface area contributed by atoms with Crippen LogP contribution in [0.25, 0.3) is 0 Å². The van der Waals surface area contributed by atoms with E-state index in [-0.39, 0.29) is 10.6 Å². The van der Waals surface area contributed by atoms with Gasteiger partial charge in [0.25, 0.3) is 0 Å². The minimum Gasteiger partial charge on any atom is -0.293 e. The minimum absolute atomic E-state index is 0.0384. The summed E-state index contributed by atoms with van der Waals surface area (Å²) in [6.45, 7) is 1.21. The molecule has 1 atom stereocenters. The molecular weight excluding hydrogens is 359 g/mol. The van der Waals surface area contributed by atoms with Crippen molar-refractivity contribution in [2.45, 2.75) is 12.2 Å². The van der Waals surface area contributed by atoms with E-state index in [4.69, 9.17) is 23.2 Å². The molecule has 1 unspecified atom stereocenters. The van der Waals surface area contributed by atoms with Crippen molar-refractivity contribution in [2.24, 2.45) is 0 Å². The topological polar surface area (TPSA) is 85.3 Å². The lowest BCUT2D eigenvalue weighted by molar-refractivity contribution is 0.0991. The average molecular weight is 373 g/mol. The Kier molecular flexibility index (Phi) is 5.83. The Hall–Kier alpha value is -0.630. The average Bonchev–Trinajstić information content (AvgIpc) is 2.34. The third-order valence-corrected chi connectivity index (χ3v) is 6.66. The molecule has 0 fully saturated rings. The predicted molar refractivity (Wildman–Crippen MR) is 83.8 cm³/mol. The first-order chi connectivity index (χ1) is 9.44. The summed E-state index contributed by atoms with van der Waals surface area (Å²) in [4.78, 5) is 12.2. The summed E-state index contributed by atoms with van der Waals surface area (Å²) in [5.74, 6) is -1.82. The van der Waals surface area contributed by atoms with E-state index in [1.165, 1.54) is 25.1 Å². The van der Waals surface area contributed by atoms with Crippen molar-refractivity contribution >= 4 is 48.7 Å². The van der Waals surface area contributed by atoms with Crippen LogP contribution in [0.15, 0.2) is 18.2 Å². The van der Waals surface area contributed by atoms with Crippen LogP contribution in [-0.2, 0) is 19.7 Å². The zero-order valence-corrected chi connectivity index (χ0v) is 14.5. The number of carbonyl (C=O) groups is 1. The van der Waals surface area contributed by atoms with Crippen LogP contribution in [0.5, 0.6) is 0 Å². The summed E-state index contributed by atoms with van der Waals surface area (Å²) in [6.07, 6.45) is 0.936. The van der Waals surface area contributed by atoms with Gasteiger partial charge in [-0.05, 0) is 25.1 Å². The Labute approximate surface area is 134 Å². The fraction of sp³-hybridized carbons (Fsp3) is 0.417. The lowest BCUT2D eigenvalue weighted by Crippen LogP contribution is -2.32. The summed E-state index contributed by atoms with van der Waals surface area (Å²) in [7, 11) is -7.32. The Balaban J connectivity index is 3.01. The molecule has 0 radical (unpaired) electrons. The fourth-order valence-corrected chi connectivity index (χ4v) is 4.96. The molecule has 0 spiro atoms. The van der Waals surface area contributed by atoms with Crippen molar-refractivity contribution in [1.82, 2.24) is 0 Å². The lowest BCUT2D eigenvalue weighted by Gasteiger charge is -2.12. The maximum absolute atomic E-state index is 12.2. The molecule has 0 N–H and O–H groups in total. The second-order valence-electron chi connectivity index (χ2n) is 4.63. The van der Waals surface area contributed by atoms with E-state index in [0.29, 0.717) is 5.02 Å². The number of rotatable bonds is 6. The SMILES string of the molecule is CC(C(=O)c1ccc(Cl)cc1Cl)S(=O)(=O)CCS(C)(=O)=O. The van der Waals surface area contributed by atoms with Crippen LogP contribution in [0, 0.1) is 0 Å². The molecule has 1 aromatic carbocycles. The number of benzene rings is 1. The standard InChI is InChI=1S/C12H14Cl2O5S2/c1-8(21(18,19)6-5-20(2,16)17)12(15)10-4-3-9(13)7-11(10)14/h3-4,7-8H,5-6H2,1-2H3. The molecule has 0 saturated heterocycles. The van der Waals surface area contributed by atoms with Crippen LogP contribution < -0.4 is 0 Å². The summed E-state index contributed by atoms with van der Waals surface area (Å²) < 4.78 is 46.1. The highest BCUT2D eigenvalue weighted by Gasteiger charge is 2.30. The van der Waals surface area contributed by atoms with Gasteiger partial charge in [0.05, 0.1) is 16.5 Å². The first-order valence-corrected chi connectivity index (χ1v) is 10.4. The third-order valence-electron chi connectivity index (χ3n) is 2.84. The maximum Gasteiger partial charge on any atom is 0.182 e. The van der Waals surface area contributed by atoms with Crippen molar-refractivity contribution in [1.29, 1.82) is 0 Å². The van der Waals surface area contributed by atoms with Gasteiger partial charge in [0, 0.05) is 16.8 Å². The number of ketones is 1. The van der Waals surface area contributed by atoms with E-state index in [2.05, 4.69) is 0 Å². The van der Waals surface area contributed by atoms with Gasteiger partial charge in [-0.3, -0.25) is 4.79 Å². The number of sulfone groups is 2. The highest BCUT2D eigenvalue weighted by Crippen LogP contribution is 2.23. The van der Waals surface area contributed by atoms with Gasteiger partial charge in [0.15, 0.2) is 15.6 Å². The monoisotopic (exact) mass is 372 g/mol. The molecule has 0 aromatic heterocycles. The van der Waals surface area contributed by atoms with Gasteiger partial charge < -0.3 is 0 Å². The minimum atomic E-state index is -3.89. The number of hydrogen-bond donors (Lipinski definition) is 0. The number of Topliss-reactive ketones (excluding diaryl/α,β-unsaturated/α-hetero) is 1. The van der Waals surface area contributed by atoms with Crippen LogP contribution >= 0.6 is 23.2 Å². The summed E-state index contributed by atoms with van der Waals surface area (Å²) in [5.41, 5.74) is 0.0384. The quantitative estimate of drug-likeness (QED) is 0.713. The van der Waals surface area contributed by atoms with Crippen LogP contribution in [0.3, 0.4) is 0 Å². The highest BCUT2D eigenvalue weighted by molar-refractivity contribution is 7.95. The molecule has 0 aliphatic carbocycles. The first-order valence-electron chi connectivity index (χ1n) is 5.82. The van der Waals surface area contributed by atoms with Crippen molar-refractivity contribution in [3.05, 3.63) is 33.8 Å². The first kappa shape index (κ1) is 18.4. The molecule has 1 rings (SSSR count). The maximum atomic E-state index is 12.2. The van der Waals surface area contributed by atoms with E-state index < -0.39 is 42.2 Å². The molecular formula is C12H14Cl2O5S2. The van der Waals surface area contributed by atoms with Gasteiger partial charge in [0.1, 0.15) is 15.1 Å². The van der Waals surface area contributed by atoms with Crippen LogP contribution in [0.4, 0.5) is 0 Å². The molecule has 21 heavy (non-hydrogen) atoms. The number of halogens is 2. The fourth-order valence-electron chi connectivity index (χ4n) is 1.52. The number of hydrogen-bond acceptors (Lipinski definition) is 5. The Morgan fingerprint density at radius 2 is 1.71 bits per heavy atom. The Morgan fingerprint density at radius 3 is 2.19 bits per heavy atom. The van der Waals surface area contributed by atoms with Crippen LogP contribution in [0.1, 0.15) is 17.3 Å². The zero-order chi connectivity index (χ0) is 16.4. The zero-order valence-electron chi connectivity index (χ0n) is 11.3. The third kappa shape index (κ3) is 5.25. The van der Waals surface area contributed by atoms with Crippen molar-refractivity contribution < 1.29 is 21.6 Å². The van der Waals surface area contributed by atoms with Gasteiger partial charge in [-0.1, -0.05) is 23.2 Å². The van der Waals surface area contributed by atoms with E-state index in [1.54, 1.807) is 0 Å². The molecule has 0 aliphatic rings. The van der Waals surface area contributed by atoms with Gasteiger partial charge in [-0.25, -0.2) is 16.8 Å². The van der Waals surface area contributed by atoms with Crippen molar-refractivity contribution in [2.75, 3.05) is 17.8 Å². The van der Waals surface area contributed by atoms with Crippen molar-refractivity contribution in [3.8, 4) is 0 Å². The van der Waals surface area contributed by atoms with E-state index in [9.17, 15) is 21.6 Å². The summed E-state index contributed by atoms with van der Waals surface area (Å²) >= 11 is 11.6. The molecule has 118 valence electrons. The lowest BCUT2D eigenvalue weighted by atomic mass is 10.1. The molecule has 1 aromatic rings. The molecule has 0 heterocycles. The largest absolute Gasteiger partial charge is 0.293 e. The highest BCUT2D eigenvalue weighted by atomic mass is 35.5. The molecule has 0 saturated carbocycles. The van der Waals surface area contributed by atoms with Gasteiger partial charge in [0.2, 0.25) is 0 Å². The molecule has 9 heteroatoms. The second-order valence-corrected chi connectivity index (χ2v) is 10.2. The van der Waals surface area contributed by atoms with Crippen LogP contribution in [-0.4, -0.2) is 45.6 Å². The number of carbonyl (C=O) groups excluding carboxylic acids is 1. The van der Waals surface area contributed by atoms with Crippen molar-refractivity contribution in [3.63, 3.8) is 0 Å². The molecule has 0 aliphatic heterocycles. The van der Waals surface area contributed by atoms with E-state index in [1.807, 2.05) is 0 Å². The molecule has 0 amide bonds. The van der Waals surface area contributed by atoms with E-state index in [0.717, 1.165) is 6.26 Å². The van der Waals surface area contributed by atoms with Gasteiger partial charge >= 0.3 is 0 Å². The molecule has 0 bridgehead atoms. The van der Waals surface area contributed by atoms with Gasteiger partial charge in [-0.2, -0.15) is 0 Å². The summed E-state index contributed by atoms with van der Waals surface area (Å²) in [5, 5.41) is -1.00. The second kappa shape index (κ2) is 6.64. The normalized spacial score (nSPS) is 13.9. The Morgan fingerprint density at radius 1 is 1.14 bits per heavy atom. The molecule has 5 nitrogen and oxygen atoms in total. The van der Waals surface area contributed by atoms with E-state index >= 15 is 0 Å². The Bertz CT molecular complexity index is 754. The predicted octanol–water partition coefficient (Wildman–Crippen LogP) is 2.02. The van der Waals surface area contributed by atoms with Crippen LogP contribution in [0.2, 0.25) is 10.0 Å². The smallest absolute Gasteiger partial charge is 0.182 e. The van der Waals surface area contributed by atoms with Gasteiger partial charge in [-0.15, -0.1) is 0 Å².